The number of urea groups is 1. The molecule has 0 saturated heterocycles. The van der Waals surface area contributed by atoms with Crippen LogP contribution in [0.2, 0.25) is 0 Å². The van der Waals surface area contributed by atoms with Crippen LogP contribution in [0.3, 0.4) is 0 Å². The van der Waals surface area contributed by atoms with Crippen molar-refractivity contribution in [3.05, 3.63) is 66.2 Å². The number of benzene rings is 2. The van der Waals surface area contributed by atoms with E-state index in [1.165, 1.54) is 19.2 Å². The van der Waals surface area contributed by atoms with Gasteiger partial charge in [-0.3, -0.25) is 15.4 Å². The van der Waals surface area contributed by atoms with Crippen LogP contribution in [-0.4, -0.2) is 45.8 Å². The summed E-state index contributed by atoms with van der Waals surface area (Å²) in [6.07, 6.45) is 3.44. The van der Waals surface area contributed by atoms with Crippen LogP contribution in [0.4, 0.5) is 14.9 Å². The molecule has 2 amide bonds. The topological polar surface area (TPSA) is 114 Å². The SMILES string of the molecule is COc1cc(F)cc(CN(C(=N)CO)C(=O)Nc2ccc(-c3cn[nH]c3)cc2)c1. The van der Waals surface area contributed by atoms with Gasteiger partial charge in [0, 0.05) is 23.5 Å². The zero-order valence-electron chi connectivity index (χ0n) is 15.6. The first-order valence-corrected chi connectivity index (χ1v) is 8.69. The van der Waals surface area contributed by atoms with E-state index in [-0.39, 0.29) is 12.4 Å². The van der Waals surface area contributed by atoms with E-state index in [4.69, 9.17) is 10.1 Å². The molecule has 0 atom stereocenters. The molecule has 150 valence electrons. The number of carbonyl (C=O) groups is 1. The Morgan fingerprint density at radius 2 is 2.03 bits per heavy atom. The van der Waals surface area contributed by atoms with Gasteiger partial charge in [0.2, 0.25) is 0 Å². The number of hydrogen-bond acceptors (Lipinski definition) is 5. The summed E-state index contributed by atoms with van der Waals surface area (Å²) in [6, 6.07) is 10.5. The van der Waals surface area contributed by atoms with Gasteiger partial charge in [-0.25, -0.2) is 9.18 Å². The van der Waals surface area contributed by atoms with E-state index in [0.717, 1.165) is 16.0 Å². The number of aliphatic hydroxyl groups excluding tert-OH is 1. The van der Waals surface area contributed by atoms with Crippen LogP contribution in [-0.2, 0) is 6.54 Å². The number of ether oxygens (including phenoxy) is 1. The Balaban J connectivity index is 1.75. The first-order valence-electron chi connectivity index (χ1n) is 8.69. The van der Waals surface area contributed by atoms with Crippen molar-refractivity contribution < 1.29 is 19.0 Å². The van der Waals surface area contributed by atoms with E-state index < -0.39 is 18.5 Å². The van der Waals surface area contributed by atoms with Crippen molar-refractivity contribution in [2.45, 2.75) is 6.54 Å². The normalized spacial score (nSPS) is 10.4. The summed E-state index contributed by atoms with van der Waals surface area (Å²) in [5.74, 6) is -0.545. The molecule has 4 N–H and O–H groups in total. The van der Waals surface area contributed by atoms with Crippen LogP contribution in [0.15, 0.2) is 54.9 Å². The van der Waals surface area contributed by atoms with Crippen LogP contribution in [0, 0.1) is 11.2 Å². The molecular formula is C20H20FN5O3. The number of aliphatic hydroxyl groups is 1. The lowest BCUT2D eigenvalue weighted by atomic mass is 10.1. The molecule has 0 aliphatic heterocycles. The van der Waals surface area contributed by atoms with Crippen molar-refractivity contribution in [3.8, 4) is 16.9 Å². The standard InChI is InChI=1S/C20H20FN5O3/c1-29-18-7-13(6-16(21)8-18)11-26(19(22)12-27)20(28)25-17-4-2-14(3-5-17)15-9-23-24-10-15/h2-10,22,27H,11-12H2,1H3,(H,23,24)(H,25,28). The van der Waals surface area contributed by atoms with Gasteiger partial charge in [-0.05, 0) is 35.4 Å². The Bertz CT molecular complexity index is 990. The third-order valence-electron chi connectivity index (χ3n) is 4.20. The van der Waals surface area contributed by atoms with Crippen molar-refractivity contribution in [3.63, 3.8) is 0 Å². The molecule has 0 saturated carbocycles. The van der Waals surface area contributed by atoms with E-state index in [9.17, 15) is 14.3 Å². The summed E-state index contributed by atoms with van der Waals surface area (Å²) < 4.78 is 18.8. The lowest BCUT2D eigenvalue weighted by Crippen LogP contribution is -2.40. The maximum absolute atomic E-state index is 13.7. The van der Waals surface area contributed by atoms with Gasteiger partial charge in [0.25, 0.3) is 0 Å². The molecule has 2 aromatic carbocycles. The number of amides is 2. The highest BCUT2D eigenvalue weighted by molar-refractivity contribution is 6.02. The van der Waals surface area contributed by atoms with Gasteiger partial charge in [-0.2, -0.15) is 5.10 Å². The number of H-pyrrole nitrogens is 1. The Morgan fingerprint density at radius 3 is 2.66 bits per heavy atom. The van der Waals surface area contributed by atoms with Gasteiger partial charge in [0.1, 0.15) is 24.0 Å². The van der Waals surface area contributed by atoms with E-state index in [2.05, 4.69) is 15.5 Å². The van der Waals surface area contributed by atoms with Gasteiger partial charge in [0.15, 0.2) is 0 Å². The minimum absolute atomic E-state index is 0.105. The highest BCUT2D eigenvalue weighted by atomic mass is 19.1. The molecule has 0 fully saturated rings. The largest absolute Gasteiger partial charge is 0.497 e. The molecule has 9 heteroatoms. The molecule has 0 aliphatic carbocycles. The number of hydrogen-bond donors (Lipinski definition) is 4. The first-order chi connectivity index (χ1) is 14.0. The minimum atomic E-state index is -0.640. The minimum Gasteiger partial charge on any atom is -0.497 e. The first kappa shape index (κ1) is 20.0. The van der Waals surface area contributed by atoms with E-state index in [1.807, 2.05) is 12.1 Å². The van der Waals surface area contributed by atoms with Gasteiger partial charge >= 0.3 is 6.03 Å². The zero-order chi connectivity index (χ0) is 20.8. The van der Waals surface area contributed by atoms with Gasteiger partial charge in [-0.15, -0.1) is 0 Å². The second kappa shape index (κ2) is 8.98. The molecule has 3 aromatic rings. The lowest BCUT2D eigenvalue weighted by Gasteiger charge is -2.23. The van der Waals surface area contributed by atoms with Crippen LogP contribution in [0.1, 0.15) is 5.56 Å². The number of aromatic amines is 1. The van der Waals surface area contributed by atoms with Crippen LogP contribution < -0.4 is 10.1 Å². The molecule has 29 heavy (non-hydrogen) atoms. The fourth-order valence-corrected chi connectivity index (χ4v) is 2.73. The Hall–Kier alpha value is -3.72. The fraction of sp³-hybridized carbons (Fsp3) is 0.150. The Kier molecular flexibility index (Phi) is 6.20. The number of amidine groups is 1. The smallest absolute Gasteiger partial charge is 0.327 e. The second-order valence-electron chi connectivity index (χ2n) is 6.18. The summed E-state index contributed by atoms with van der Waals surface area (Å²) in [7, 11) is 1.41. The second-order valence-corrected chi connectivity index (χ2v) is 6.18. The summed E-state index contributed by atoms with van der Waals surface area (Å²) in [5, 5.41) is 26.6. The summed E-state index contributed by atoms with van der Waals surface area (Å²) in [4.78, 5) is 13.7. The predicted molar refractivity (Wildman–Crippen MR) is 106 cm³/mol. The van der Waals surface area contributed by atoms with E-state index in [0.29, 0.717) is 17.0 Å². The number of carbonyl (C=O) groups excluding carboxylic acids is 1. The van der Waals surface area contributed by atoms with Gasteiger partial charge < -0.3 is 15.2 Å². The van der Waals surface area contributed by atoms with Crippen molar-refractivity contribution >= 4 is 17.6 Å². The number of halogens is 1. The van der Waals surface area contributed by atoms with E-state index in [1.54, 1.807) is 30.6 Å². The molecular weight excluding hydrogens is 377 g/mol. The molecule has 0 bridgehead atoms. The maximum atomic E-state index is 13.7. The lowest BCUT2D eigenvalue weighted by molar-refractivity contribution is 0.228. The van der Waals surface area contributed by atoms with Crippen molar-refractivity contribution in [2.75, 3.05) is 19.0 Å². The highest BCUT2D eigenvalue weighted by Crippen LogP contribution is 2.21. The van der Waals surface area contributed by atoms with Gasteiger partial charge in [0.05, 0.1) is 19.9 Å². The van der Waals surface area contributed by atoms with Crippen LogP contribution in [0.25, 0.3) is 11.1 Å². The Morgan fingerprint density at radius 1 is 1.28 bits per heavy atom. The quantitative estimate of drug-likeness (QED) is 0.378. The van der Waals surface area contributed by atoms with Crippen LogP contribution >= 0.6 is 0 Å². The molecule has 1 aromatic heterocycles. The predicted octanol–water partition coefficient (Wildman–Crippen LogP) is 3.23. The van der Waals surface area contributed by atoms with Crippen molar-refractivity contribution in [1.29, 1.82) is 5.41 Å². The van der Waals surface area contributed by atoms with Crippen molar-refractivity contribution in [1.82, 2.24) is 15.1 Å². The summed E-state index contributed by atoms with van der Waals surface area (Å²) in [6.45, 7) is -0.744. The zero-order valence-corrected chi connectivity index (χ0v) is 15.6. The van der Waals surface area contributed by atoms with Gasteiger partial charge in [-0.1, -0.05) is 12.1 Å². The molecule has 3 rings (SSSR count). The van der Waals surface area contributed by atoms with Crippen molar-refractivity contribution in [2.24, 2.45) is 0 Å². The number of aromatic nitrogens is 2. The number of anilines is 1. The number of methoxy groups -OCH3 is 1. The number of nitrogens with zero attached hydrogens (tertiary/aromatic N) is 2. The maximum Gasteiger partial charge on any atom is 0.327 e. The third kappa shape index (κ3) is 4.96. The average molecular weight is 397 g/mol. The number of rotatable bonds is 6. The molecule has 1 heterocycles. The monoisotopic (exact) mass is 397 g/mol. The molecule has 0 radical (unpaired) electrons. The summed E-state index contributed by atoms with van der Waals surface area (Å²) >= 11 is 0. The van der Waals surface area contributed by atoms with Crippen LogP contribution in [0.5, 0.6) is 5.75 Å². The third-order valence-corrected chi connectivity index (χ3v) is 4.20. The summed E-state index contributed by atoms with van der Waals surface area (Å²) in [5.41, 5.74) is 2.76. The Labute approximate surface area is 166 Å². The molecule has 8 nitrogen and oxygen atoms in total. The van der Waals surface area contributed by atoms with E-state index >= 15 is 0 Å². The highest BCUT2D eigenvalue weighted by Gasteiger charge is 2.19. The number of nitrogens with one attached hydrogen (secondary N) is 3. The molecule has 0 spiro atoms. The fourth-order valence-electron chi connectivity index (χ4n) is 2.73. The molecule has 0 aliphatic rings. The molecule has 0 unspecified atom stereocenters. The average Bonchev–Trinajstić information content (AvgIpc) is 3.26.